The Kier molecular flexibility index (Phi) is 8.64. The Morgan fingerprint density at radius 3 is 2.24 bits per heavy atom. The summed E-state index contributed by atoms with van der Waals surface area (Å²) in [5.74, 6) is -4.29. The van der Waals surface area contributed by atoms with Gasteiger partial charge in [0.2, 0.25) is 10.0 Å². The van der Waals surface area contributed by atoms with Gasteiger partial charge in [-0.15, -0.1) is 0 Å². The second-order valence-corrected chi connectivity index (χ2v) is 10.4. The third-order valence-electron chi connectivity index (χ3n) is 4.02. The summed E-state index contributed by atoms with van der Waals surface area (Å²) >= 11 is 0. The Bertz CT molecular complexity index is 1270. The van der Waals surface area contributed by atoms with E-state index in [1.54, 1.807) is 0 Å². The van der Waals surface area contributed by atoms with Gasteiger partial charge in [-0.05, 0) is 55.0 Å². The highest BCUT2D eigenvalue weighted by Gasteiger charge is 2.19. The van der Waals surface area contributed by atoms with Gasteiger partial charge in [0.1, 0.15) is 5.75 Å². The number of hydrogen-bond donors (Lipinski definition) is 5. The highest BCUT2D eigenvalue weighted by atomic mass is 32.2. The zero-order valence-corrected chi connectivity index (χ0v) is 19.3. The first-order chi connectivity index (χ1) is 15.7. The van der Waals surface area contributed by atoms with E-state index in [0.717, 1.165) is 36.4 Å². The average Bonchev–Trinajstić information content (AvgIpc) is 2.69. The number of nitrogens with zero attached hydrogens (tertiary/aromatic N) is 1. The van der Waals surface area contributed by atoms with E-state index in [1.165, 1.54) is 13.0 Å². The van der Waals surface area contributed by atoms with Crippen LogP contribution in [0.15, 0.2) is 51.9 Å². The third-order valence-corrected chi connectivity index (χ3v) is 6.30. The number of nitrogens with one attached hydrogen (secondary N) is 1. The number of aliphatic imine (C=N–C) groups is 1. The predicted molar refractivity (Wildman–Crippen MR) is 119 cm³/mol. The van der Waals surface area contributed by atoms with Crippen LogP contribution < -0.4 is 20.9 Å². The molecule has 0 heterocycles. The largest absolute Gasteiger partial charge is 0.451 e. The maximum absolute atomic E-state index is 14.4. The van der Waals surface area contributed by atoms with Gasteiger partial charge in [0, 0.05) is 12.1 Å². The zero-order valence-electron chi connectivity index (χ0n) is 17.6. The Balaban J connectivity index is 2.17. The van der Waals surface area contributed by atoms with Crippen molar-refractivity contribution in [1.29, 1.82) is 0 Å². The van der Waals surface area contributed by atoms with Gasteiger partial charge in [-0.1, -0.05) is 0 Å². The SMILES string of the molecule is C/C(=C\c1cc(F)c(Oc2ccc(S(=O)(=O)NCCP(=O)(O)O)cc2)c(F)c1)C(=O)N=C(N)N. The van der Waals surface area contributed by atoms with Gasteiger partial charge < -0.3 is 26.0 Å². The summed E-state index contributed by atoms with van der Waals surface area (Å²) in [5, 5.41) is 0. The van der Waals surface area contributed by atoms with Crippen LogP contribution in [0.4, 0.5) is 8.78 Å². The summed E-state index contributed by atoms with van der Waals surface area (Å²) in [5.41, 5.74) is 10.2. The van der Waals surface area contributed by atoms with Gasteiger partial charge >= 0.3 is 7.60 Å². The van der Waals surface area contributed by atoms with E-state index in [0.29, 0.717) is 0 Å². The highest BCUT2D eigenvalue weighted by molar-refractivity contribution is 7.89. The number of rotatable bonds is 9. The molecule has 0 aromatic heterocycles. The quantitative estimate of drug-likeness (QED) is 0.141. The maximum Gasteiger partial charge on any atom is 0.326 e. The third kappa shape index (κ3) is 8.01. The van der Waals surface area contributed by atoms with Crippen molar-refractivity contribution in [3.63, 3.8) is 0 Å². The second kappa shape index (κ2) is 10.8. The molecule has 1 amide bonds. The Morgan fingerprint density at radius 2 is 1.74 bits per heavy atom. The molecule has 2 rings (SSSR count). The Labute approximate surface area is 193 Å². The molecule has 0 spiro atoms. The fraction of sp³-hybridized carbons (Fsp3) is 0.158. The lowest BCUT2D eigenvalue weighted by Gasteiger charge is -2.11. The lowest BCUT2D eigenvalue weighted by molar-refractivity contribution is -0.114. The number of hydrogen-bond acceptors (Lipinski definition) is 5. The van der Waals surface area contributed by atoms with E-state index >= 15 is 0 Å². The van der Waals surface area contributed by atoms with Crippen molar-refractivity contribution in [3.05, 3.63) is 59.2 Å². The highest BCUT2D eigenvalue weighted by Crippen LogP contribution is 2.33. The summed E-state index contributed by atoms with van der Waals surface area (Å²) in [6.45, 7) is 0.866. The molecule has 15 heteroatoms. The van der Waals surface area contributed by atoms with E-state index in [-0.39, 0.29) is 21.8 Å². The van der Waals surface area contributed by atoms with Crippen molar-refractivity contribution in [2.45, 2.75) is 11.8 Å². The predicted octanol–water partition coefficient (Wildman–Crippen LogP) is 1.42. The first-order valence-electron chi connectivity index (χ1n) is 9.31. The number of halogens is 2. The van der Waals surface area contributed by atoms with Crippen LogP contribution in [0.3, 0.4) is 0 Å². The summed E-state index contributed by atoms with van der Waals surface area (Å²) in [6.07, 6.45) is 0.489. The number of carbonyl (C=O) groups is 1. The molecule has 0 saturated carbocycles. The number of nitrogens with two attached hydrogens (primary N) is 2. The monoisotopic (exact) mass is 518 g/mol. The van der Waals surface area contributed by atoms with Crippen molar-refractivity contribution >= 4 is 35.6 Å². The van der Waals surface area contributed by atoms with Gasteiger partial charge in [-0.3, -0.25) is 9.36 Å². The van der Waals surface area contributed by atoms with Gasteiger partial charge in [-0.25, -0.2) is 21.9 Å². The molecule has 7 N–H and O–H groups in total. The van der Waals surface area contributed by atoms with Crippen LogP contribution >= 0.6 is 7.60 Å². The topological polar surface area (TPSA) is 194 Å². The van der Waals surface area contributed by atoms with E-state index < -0.39 is 59.6 Å². The lowest BCUT2D eigenvalue weighted by atomic mass is 10.1. The van der Waals surface area contributed by atoms with Crippen LogP contribution in [0.25, 0.3) is 6.08 Å². The van der Waals surface area contributed by atoms with Crippen LogP contribution in [0.5, 0.6) is 11.5 Å². The number of ether oxygens (including phenoxy) is 1. The van der Waals surface area contributed by atoms with Gasteiger partial charge in [0.25, 0.3) is 5.91 Å². The summed E-state index contributed by atoms with van der Waals surface area (Å²) in [4.78, 5) is 32.4. The number of sulfonamides is 1. The smallest absolute Gasteiger partial charge is 0.326 e. The minimum atomic E-state index is -4.38. The van der Waals surface area contributed by atoms with Crippen LogP contribution in [-0.4, -0.2) is 42.8 Å². The van der Waals surface area contributed by atoms with Crippen molar-refractivity contribution in [1.82, 2.24) is 4.72 Å². The number of guanidine groups is 1. The van der Waals surface area contributed by atoms with E-state index in [9.17, 15) is 26.6 Å². The first-order valence-corrected chi connectivity index (χ1v) is 12.6. The van der Waals surface area contributed by atoms with E-state index in [1.807, 2.05) is 4.72 Å². The van der Waals surface area contributed by atoms with Crippen LogP contribution in [0, 0.1) is 11.6 Å². The standard InChI is InChI=1S/C19H21F2N4O7PS/c1-11(18(26)25-19(22)23)8-12-9-15(20)17(16(21)10-12)32-13-2-4-14(5-3-13)34(30,31)24-6-7-33(27,28)29/h2-5,8-10,24H,6-7H2,1H3,(H2,27,28,29)(H4,22,23,25,26)/b11-8+. The Hall–Kier alpha value is -3.16. The maximum atomic E-state index is 14.4. The fourth-order valence-corrected chi connectivity index (χ4v) is 4.08. The molecule has 0 aliphatic carbocycles. The van der Waals surface area contributed by atoms with Gasteiger partial charge in [0.15, 0.2) is 23.3 Å². The number of carbonyl (C=O) groups excluding carboxylic acids is 1. The van der Waals surface area contributed by atoms with Crippen molar-refractivity contribution in [2.24, 2.45) is 16.5 Å². The van der Waals surface area contributed by atoms with Crippen molar-refractivity contribution in [3.8, 4) is 11.5 Å². The molecule has 0 unspecified atom stereocenters. The zero-order chi connectivity index (χ0) is 25.7. The molecule has 0 radical (unpaired) electrons. The van der Waals surface area contributed by atoms with Gasteiger partial charge in [-0.2, -0.15) is 4.99 Å². The summed E-state index contributed by atoms with van der Waals surface area (Å²) in [6, 6.07) is 6.27. The molecule has 0 aliphatic heterocycles. The fourth-order valence-electron chi connectivity index (χ4n) is 2.49. The van der Waals surface area contributed by atoms with Crippen molar-refractivity contribution < 1.29 is 41.1 Å². The van der Waals surface area contributed by atoms with Crippen LogP contribution in [-0.2, 0) is 19.4 Å². The normalized spacial score (nSPS) is 12.3. The number of benzene rings is 2. The van der Waals surface area contributed by atoms with Gasteiger partial charge in [0.05, 0.1) is 11.1 Å². The molecule has 0 aliphatic rings. The minimum absolute atomic E-state index is 0.00168. The average molecular weight is 518 g/mol. The molecule has 0 bridgehead atoms. The summed E-state index contributed by atoms with van der Waals surface area (Å²) in [7, 11) is -8.45. The Morgan fingerprint density at radius 1 is 1.18 bits per heavy atom. The van der Waals surface area contributed by atoms with Crippen LogP contribution in [0.1, 0.15) is 12.5 Å². The minimum Gasteiger partial charge on any atom is -0.451 e. The molecular weight excluding hydrogens is 497 g/mol. The molecule has 0 fully saturated rings. The van der Waals surface area contributed by atoms with E-state index in [4.69, 9.17) is 26.0 Å². The molecule has 0 atom stereocenters. The molecule has 11 nitrogen and oxygen atoms in total. The number of amides is 1. The molecular formula is C19H21F2N4O7PS. The molecule has 2 aromatic rings. The van der Waals surface area contributed by atoms with E-state index in [2.05, 4.69) is 4.99 Å². The molecule has 2 aromatic carbocycles. The summed E-state index contributed by atoms with van der Waals surface area (Å²) < 4.78 is 71.2. The molecule has 34 heavy (non-hydrogen) atoms. The lowest BCUT2D eigenvalue weighted by Crippen LogP contribution is -2.26. The first kappa shape index (κ1) is 27.1. The second-order valence-electron chi connectivity index (χ2n) is 6.84. The molecule has 0 saturated heterocycles. The van der Waals surface area contributed by atoms with Crippen LogP contribution in [0.2, 0.25) is 0 Å². The van der Waals surface area contributed by atoms with Crippen molar-refractivity contribution in [2.75, 3.05) is 12.7 Å². The molecule has 184 valence electrons.